The lowest BCUT2D eigenvalue weighted by molar-refractivity contribution is -0.384. The number of aliphatic hydroxyl groups excluding tert-OH is 1. The van der Waals surface area contributed by atoms with Crippen LogP contribution in [-0.4, -0.2) is 29.1 Å². The van der Waals surface area contributed by atoms with Crippen molar-refractivity contribution >= 4 is 27.3 Å². The van der Waals surface area contributed by atoms with Gasteiger partial charge in [0.2, 0.25) is 0 Å². The van der Waals surface area contributed by atoms with Crippen LogP contribution in [0.4, 0.5) is 20.2 Å². The Hall–Kier alpha value is -1.28. The first kappa shape index (κ1) is 13.8. The fourth-order valence-electron chi connectivity index (χ4n) is 1.11. The molecule has 0 saturated carbocycles. The van der Waals surface area contributed by atoms with Crippen LogP contribution < -0.4 is 5.32 Å². The lowest BCUT2D eigenvalue weighted by atomic mass is 10.2. The average Bonchev–Trinajstić information content (AvgIpc) is 2.25. The second-order valence-electron chi connectivity index (χ2n) is 3.20. The van der Waals surface area contributed by atoms with Crippen molar-refractivity contribution in [1.29, 1.82) is 0 Å². The van der Waals surface area contributed by atoms with Crippen LogP contribution in [0.1, 0.15) is 0 Å². The first-order valence-corrected chi connectivity index (χ1v) is 5.35. The Bertz CT molecular complexity index is 417. The molecule has 0 spiro atoms. The van der Waals surface area contributed by atoms with Gasteiger partial charge in [0.1, 0.15) is 11.8 Å². The van der Waals surface area contributed by atoms with Crippen molar-refractivity contribution in [3.05, 3.63) is 32.8 Å². The fraction of sp³-hybridized carbons (Fsp3) is 0.333. The molecule has 1 rings (SSSR count). The van der Waals surface area contributed by atoms with E-state index in [9.17, 15) is 18.9 Å². The van der Waals surface area contributed by atoms with Gasteiger partial charge in [0.05, 0.1) is 4.92 Å². The lowest BCUT2D eigenvalue weighted by Crippen LogP contribution is -2.27. The van der Waals surface area contributed by atoms with Crippen LogP contribution in [0.3, 0.4) is 0 Å². The van der Waals surface area contributed by atoms with Crippen molar-refractivity contribution in [1.82, 2.24) is 0 Å². The SMILES string of the molecule is O=[N+]([O-])c1ccc(Br)cc1NCC(O)C(F)F. The number of halogens is 3. The summed E-state index contributed by atoms with van der Waals surface area (Å²) in [6, 6.07) is 4.09. The Morgan fingerprint density at radius 1 is 1.53 bits per heavy atom. The van der Waals surface area contributed by atoms with E-state index in [4.69, 9.17) is 5.11 Å². The molecule has 17 heavy (non-hydrogen) atoms. The number of hydrogen-bond acceptors (Lipinski definition) is 4. The van der Waals surface area contributed by atoms with E-state index in [1.165, 1.54) is 18.2 Å². The van der Waals surface area contributed by atoms with E-state index in [2.05, 4.69) is 21.2 Å². The zero-order chi connectivity index (χ0) is 13.0. The molecular formula is C9H9BrF2N2O3. The Balaban J connectivity index is 2.82. The van der Waals surface area contributed by atoms with E-state index in [0.29, 0.717) is 4.47 Å². The molecule has 94 valence electrons. The highest BCUT2D eigenvalue weighted by Crippen LogP contribution is 2.27. The van der Waals surface area contributed by atoms with Gasteiger partial charge in [0.25, 0.3) is 12.1 Å². The van der Waals surface area contributed by atoms with E-state index in [-0.39, 0.29) is 11.4 Å². The zero-order valence-electron chi connectivity index (χ0n) is 8.44. The van der Waals surface area contributed by atoms with Crippen molar-refractivity contribution in [2.24, 2.45) is 0 Å². The second kappa shape index (κ2) is 5.87. The van der Waals surface area contributed by atoms with Crippen molar-refractivity contribution < 1.29 is 18.8 Å². The third-order valence-electron chi connectivity index (χ3n) is 1.95. The molecule has 1 unspecified atom stereocenters. The Labute approximate surface area is 104 Å². The van der Waals surface area contributed by atoms with Gasteiger partial charge < -0.3 is 10.4 Å². The number of benzene rings is 1. The van der Waals surface area contributed by atoms with Crippen molar-refractivity contribution in [3.8, 4) is 0 Å². The largest absolute Gasteiger partial charge is 0.385 e. The van der Waals surface area contributed by atoms with Gasteiger partial charge in [-0.25, -0.2) is 8.78 Å². The van der Waals surface area contributed by atoms with Crippen LogP contribution >= 0.6 is 15.9 Å². The van der Waals surface area contributed by atoms with Gasteiger partial charge in [0.15, 0.2) is 0 Å². The number of hydrogen-bond donors (Lipinski definition) is 2. The number of alkyl halides is 2. The van der Waals surface area contributed by atoms with Crippen molar-refractivity contribution in [3.63, 3.8) is 0 Å². The van der Waals surface area contributed by atoms with Crippen LogP contribution in [0.15, 0.2) is 22.7 Å². The van der Waals surface area contributed by atoms with Crippen LogP contribution in [0.2, 0.25) is 0 Å². The highest BCUT2D eigenvalue weighted by molar-refractivity contribution is 9.10. The summed E-state index contributed by atoms with van der Waals surface area (Å²) in [5, 5.41) is 22.0. The number of rotatable bonds is 5. The molecule has 1 aromatic carbocycles. The molecule has 1 atom stereocenters. The number of anilines is 1. The fourth-order valence-corrected chi connectivity index (χ4v) is 1.47. The molecule has 0 heterocycles. The smallest absolute Gasteiger partial charge is 0.292 e. The van der Waals surface area contributed by atoms with Gasteiger partial charge in [0, 0.05) is 17.1 Å². The number of nitrogens with one attached hydrogen (secondary N) is 1. The molecule has 0 aromatic heterocycles. The van der Waals surface area contributed by atoms with Gasteiger partial charge in [-0.3, -0.25) is 10.1 Å². The van der Waals surface area contributed by atoms with Gasteiger partial charge in [-0.05, 0) is 12.1 Å². The monoisotopic (exact) mass is 310 g/mol. The molecule has 0 aliphatic heterocycles. The van der Waals surface area contributed by atoms with Gasteiger partial charge in [-0.15, -0.1) is 0 Å². The molecule has 0 radical (unpaired) electrons. The quantitative estimate of drug-likeness (QED) is 0.647. The molecule has 1 aromatic rings. The maximum atomic E-state index is 12.0. The molecule has 0 bridgehead atoms. The maximum Gasteiger partial charge on any atom is 0.292 e. The normalized spacial score (nSPS) is 12.5. The highest BCUT2D eigenvalue weighted by atomic mass is 79.9. The molecule has 0 aliphatic rings. The number of nitro groups is 1. The van der Waals surface area contributed by atoms with Crippen LogP contribution in [0.25, 0.3) is 0 Å². The topological polar surface area (TPSA) is 75.4 Å². The molecule has 2 N–H and O–H groups in total. The third kappa shape index (κ3) is 3.90. The molecule has 5 nitrogen and oxygen atoms in total. The molecule has 0 fully saturated rings. The summed E-state index contributed by atoms with van der Waals surface area (Å²) in [6.07, 6.45) is -4.76. The Morgan fingerprint density at radius 3 is 2.71 bits per heavy atom. The van der Waals surface area contributed by atoms with Crippen molar-refractivity contribution in [2.45, 2.75) is 12.5 Å². The van der Waals surface area contributed by atoms with E-state index in [0.717, 1.165) is 0 Å². The second-order valence-corrected chi connectivity index (χ2v) is 4.12. The predicted octanol–water partition coefficient (Wildman–Crippen LogP) is 2.40. The average molecular weight is 311 g/mol. The summed E-state index contributed by atoms with van der Waals surface area (Å²) < 4.78 is 24.6. The molecule has 0 saturated heterocycles. The summed E-state index contributed by atoms with van der Waals surface area (Å²) in [5.41, 5.74) is -0.168. The summed E-state index contributed by atoms with van der Waals surface area (Å²) >= 11 is 3.11. The molecule has 0 amide bonds. The standard InChI is InChI=1S/C9H9BrF2N2O3/c10-5-1-2-7(14(16)17)6(3-5)13-4-8(15)9(11)12/h1-3,8-9,13,15H,4H2. The minimum absolute atomic E-state index is 0.0732. The number of nitrogens with zero attached hydrogens (tertiary/aromatic N) is 1. The minimum Gasteiger partial charge on any atom is -0.385 e. The molecule has 0 aliphatic carbocycles. The third-order valence-corrected chi connectivity index (χ3v) is 2.44. The predicted molar refractivity (Wildman–Crippen MR) is 61.3 cm³/mol. The first-order chi connectivity index (χ1) is 7.91. The van der Waals surface area contributed by atoms with E-state index in [1.54, 1.807) is 0 Å². The molecular weight excluding hydrogens is 302 g/mol. The molecule has 8 heteroatoms. The summed E-state index contributed by atoms with van der Waals surface area (Å²) in [5.74, 6) is 0. The van der Waals surface area contributed by atoms with E-state index < -0.39 is 24.0 Å². The summed E-state index contributed by atoms with van der Waals surface area (Å²) in [4.78, 5) is 10.0. The summed E-state index contributed by atoms with van der Waals surface area (Å²) in [6.45, 7) is -0.463. The van der Waals surface area contributed by atoms with E-state index >= 15 is 0 Å². The Morgan fingerprint density at radius 2 is 2.18 bits per heavy atom. The maximum absolute atomic E-state index is 12.0. The van der Waals surface area contributed by atoms with Gasteiger partial charge >= 0.3 is 0 Å². The number of aliphatic hydroxyl groups is 1. The lowest BCUT2D eigenvalue weighted by Gasteiger charge is -2.12. The summed E-state index contributed by atoms with van der Waals surface area (Å²) in [7, 11) is 0. The minimum atomic E-state index is -2.89. The van der Waals surface area contributed by atoms with Crippen LogP contribution in [0, 0.1) is 10.1 Å². The van der Waals surface area contributed by atoms with E-state index in [1.807, 2.05) is 0 Å². The van der Waals surface area contributed by atoms with Gasteiger partial charge in [-0.1, -0.05) is 15.9 Å². The van der Waals surface area contributed by atoms with Crippen LogP contribution in [-0.2, 0) is 0 Å². The van der Waals surface area contributed by atoms with Crippen LogP contribution in [0.5, 0.6) is 0 Å². The first-order valence-electron chi connectivity index (χ1n) is 4.56. The Kier molecular flexibility index (Phi) is 4.76. The zero-order valence-corrected chi connectivity index (χ0v) is 10.0. The van der Waals surface area contributed by atoms with Crippen molar-refractivity contribution in [2.75, 3.05) is 11.9 Å². The van der Waals surface area contributed by atoms with Gasteiger partial charge in [-0.2, -0.15) is 0 Å². The highest BCUT2D eigenvalue weighted by Gasteiger charge is 2.19. The number of nitro benzene ring substituents is 1.